The molecule has 476 valence electrons. The highest BCUT2D eigenvalue weighted by molar-refractivity contribution is 7.47. The van der Waals surface area contributed by atoms with Crippen LogP contribution in [-0.4, -0.2) is 73.4 Å². The van der Waals surface area contributed by atoms with E-state index in [9.17, 15) is 19.4 Å². The summed E-state index contributed by atoms with van der Waals surface area (Å²) in [6.07, 6.45) is 86.7. The van der Waals surface area contributed by atoms with Gasteiger partial charge in [-0.05, 0) is 77.0 Å². The van der Waals surface area contributed by atoms with Crippen LogP contribution in [0.5, 0.6) is 0 Å². The van der Waals surface area contributed by atoms with Crippen LogP contribution in [0.3, 0.4) is 0 Å². The summed E-state index contributed by atoms with van der Waals surface area (Å²) in [7, 11) is 1.55. The number of allylic oxidation sites excluding steroid dienone is 9. The first-order valence-electron chi connectivity index (χ1n) is 35.2. The Morgan fingerprint density at radius 1 is 0.420 bits per heavy atom. The summed E-state index contributed by atoms with van der Waals surface area (Å²) >= 11 is 0. The summed E-state index contributed by atoms with van der Waals surface area (Å²) in [6, 6.07) is -0.872. The van der Waals surface area contributed by atoms with E-state index in [1.54, 1.807) is 6.08 Å². The van der Waals surface area contributed by atoms with Gasteiger partial charge in [0.05, 0.1) is 39.9 Å². The number of carbonyl (C=O) groups is 1. The van der Waals surface area contributed by atoms with Crippen molar-refractivity contribution in [2.24, 2.45) is 0 Å². The van der Waals surface area contributed by atoms with Crippen LogP contribution in [0.4, 0.5) is 0 Å². The molecule has 0 saturated carbocycles. The minimum Gasteiger partial charge on any atom is -0.387 e. The number of phosphoric ester groups is 1. The Labute approximate surface area is 504 Å². The smallest absolute Gasteiger partial charge is 0.387 e. The van der Waals surface area contributed by atoms with E-state index >= 15 is 0 Å². The number of aliphatic hydroxyl groups excluding tert-OH is 1. The van der Waals surface area contributed by atoms with Crippen molar-refractivity contribution in [2.45, 2.75) is 353 Å². The Kier molecular flexibility index (Phi) is 61.3. The number of hydrogen-bond acceptors (Lipinski definition) is 5. The van der Waals surface area contributed by atoms with Gasteiger partial charge < -0.3 is 19.8 Å². The molecule has 3 atom stereocenters. The van der Waals surface area contributed by atoms with Crippen molar-refractivity contribution in [3.8, 4) is 0 Å². The molecule has 0 aliphatic carbocycles. The van der Waals surface area contributed by atoms with Crippen LogP contribution < -0.4 is 5.32 Å². The number of quaternary nitrogens is 1. The molecule has 0 aliphatic rings. The van der Waals surface area contributed by atoms with Crippen molar-refractivity contribution in [2.75, 3.05) is 40.9 Å². The van der Waals surface area contributed by atoms with Crippen LogP contribution in [0.25, 0.3) is 0 Å². The van der Waals surface area contributed by atoms with Gasteiger partial charge in [-0.25, -0.2) is 4.57 Å². The predicted octanol–water partition coefficient (Wildman–Crippen LogP) is 22.4. The van der Waals surface area contributed by atoms with Crippen molar-refractivity contribution in [3.63, 3.8) is 0 Å². The van der Waals surface area contributed by atoms with Gasteiger partial charge in [0, 0.05) is 6.42 Å². The van der Waals surface area contributed by atoms with Gasteiger partial charge in [-0.3, -0.25) is 13.8 Å². The van der Waals surface area contributed by atoms with Crippen LogP contribution in [0.2, 0.25) is 0 Å². The molecule has 0 spiro atoms. The molecule has 0 aromatic rings. The Balaban J connectivity index is 4.00. The lowest BCUT2D eigenvalue weighted by atomic mass is 10.0. The lowest BCUT2D eigenvalue weighted by molar-refractivity contribution is -0.870. The summed E-state index contributed by atoms with van der Waals surface area (Å²) < 4.78 is 23.8. The fraction of sp³-hybridized carbons (Fsp3) is 0.847. The van der Waals surface area contributed by atoms with Gasteiger partial charge >= 0.3 is 7.82 Å². The third kappa shape index (κ3) is 65.6. The number of rotatable bonds is 65. The molecule has 9 heteroatoms. The van der Waals surface area contributed by atoms with Crippen molar-refractivity contribution < 1.29 is 32.9 Å². The van der Waals surface area contributed by atoms with Crippen LogP contribution in [0.15, 0.2) is 60.8 Å². The Bertz CT molecular complexity index is 1500. The van der Waals surface area contributed by atoms with Gasteiger partial charge in [-0.1, -0.05) is 319 Å². The van der Waals surface area contributed by atoms with Crippen molar-refractivity contribution in [1.29, 1.82) is 0 Å². The first-order valence-corrected chi connectivity index (χ1v) is 36.7. The monoisotopic (exact) mass is 1160 g/mol. The molecular formula is C72H138N2O6P+. The first kappa shape index (κ1) is 79.2. The van der Waals surface area contributed by atoms with Crippen molar-refractivity contribution in [3.05, 3.63) is 60.8 Å². The van der Waals surface area contributed by atoms with Crippen LogP contribution in [-0.2, 0) is 18.4 Å². The largest absolute Gasteiger partial charge is 0.472 e. The van der Waals surface area contributed by atoms with E-state index in [-0.39, 0.29) is 19.1 Å². The molecule has 3 N–H and O–H groups in total. The highest BCUT2D eigenvalue weighted by atomic mass is 31.2. The molecular weight excluding hydrogens is 1020 g/mol. The molecule has 0 rings (SSSR count). The van der Waals surface area contributed by atoms with E-state index in [1.807, 2.05) is 27.2 Å². The molecule has 0 aromatic heterocycles. The van der Waals surface area contributed by atoms with Gasteiger partial charge in [0.15, 0.2) is 0 Å². The predicted molar refractivity (Wildman–Crippen MR) is 355 cm³/mol. The summed E-state index contributed by atoms with van der Waals surface area (Å²) in [4.78, 5) is 23.4. The van der Waals surface area contributed by atoms with E-state index in [0.29, 0.717) is 17.4 Å². The third-order valence-corrected chi connectivity index (χ3v) is 16.9. The van der Waals surface area contributed by atoms with Crippen molar-refractivity contribution >= 4 is 13.7 Å². The summed E-state index contributed by atoms with van der Waals surface area (Å²) in [6.45, 7) is 4.82. The number of likely N-dealkylation sites (N-methyl/N-ethyl adjacent to an activating group) is 1. The maximum atomic E-state index is 13.0. The zero-order valence-electron chi connectivity index (χ0n) is 54.5. The second kappa shape index (κ2) is 62.7. The molecule has 0 aromatic carbocycles. The molecule has 0 radical (unpaired) electrons. The minimum absolute atomic E-state index is 0.0531. The lowest BCUT2D eigenvalue weighted by Crippen LogP contribution is -2.45. The molecule has 0 heterocycles. The number of amides is 1. The summed E-state index contributed by atoms with van der Waals surface area (Å²) in [5.41, 5.74) is 0. The van der Waals surface area contributed by atoms with Crippen LogP contribution in [0.1, 0.15) is 341 Å². The quantitative estimate of drug-likeness (QED) is 0.0243. The van der Waals surface area contributed by atoms with Gasteiger partial charge in [-0.2, -0.15) is 0 Å². The number of hydrogen-bond donors (Lipinski definition) is 3. The third-order valence-electron chi connectivity index (χ3n) is 15.9. The highest BCUT2D eigenvalue weighted by Gasteiger charge is 2.28. The molecule has 0 fully saturated rings. The zero-order chi connectivity index (χ0) is 59.1. The fourth-order valence-electron chi connectivity index (χ4n) is 10.5. The molecule has 1 amide bonds. The van der Waals surface area contributed by atoms with E-state index in [0.717, 1.165) is 51.4 Å². The molecule has 8 nitrogen and oxygen atoms in total. The number of nitrogens with one attached hydrogen (secondary N) is 1. The molecule has 0 saturated heterocycles. The Morgan fingerprint density at radius 3 is 1.06 bits per heavy atom. The minimum atomic E-state index is -4.36. The number of unbranched alkanes of at least 4 members (excludes halogenated alkanes) is 44. The average molecular weight is 1160 g/mol. The normalized spacial score (nSPS) is 14.0. The fourth-order valence-corrected chi connectivity index (χ4v) is 11.2. The van der Waals surface area contributed by atoms with Gasteiger partial charge in [-0.15, -0.1) is 0 Å². The van der Waals surface area contributed by atoms with Gasteiger partial charge in [0.1, 0.15) is 13.2 Å². The number of nitrogens with zero attached hydrogens (tertiary/aromatic N) is 1. The SMILES string of the molecule is CCCCCCCCCCCC/C=C/CC/C=C/CC/C=C/C(O)C(COP(=O)(O)OCC[N+](C)(C)C)NC(=O)CCCCCCCCCCCCCCCCCCC/C=C\C/C=C\CCCCCCCCCCCCCCCCC. The standard InChI is InChI=1S/C72H137N2O6P/c1-6-8-10-12-14-16-18-20-22-24-26-28-29-30-31-32-33-34-35-36-37-38-39-40-41-42-43-44-45-46-48-50-52-54-56-58-60-62-64-66-72(76)73-70(69-80-81(77,78)79-68-67-74(3,4)5)71(75)65-63-61-59-57-55-53-51-49-47-27-25-23-21-19-17-15-13-11-9-7-2/h33-34,36-37,47,49,55,57,63,65,70-71,75H,6-32,35,38-46,48,50-54,56,58-62,64,66-69H2,1-5H3,(H-,73,76,77,78)/p+1/b34-33-,37-36-,49-47+,57-55+,65-63+. The number of carbonyl (C=O) groups excluding carboxylic acids is 1. The zero-order valence-corrected chi connectivity index (χ0v) is 55.4. The second-order valence-corrected chi connectivity index (χ2v) is 26.7. The maximum absolute atomic E-state index is 13.0. The number of phosphoric acid groups is 1. The van der Waals surface area contributed by atoms with Gasteiger partial charge in [0.2, 0.25) is 5.91 Å². The molecule has 3 unspecified atom stereocenters. The van der Waals surface area contributed by atoms with Crippen LogP contribution >= 0.6 is 7.82 Å². The molecule has 0 aliphatic heterocycles. The van der Waals surface area contributed by atoms with Gasteiger partial charge in [0.25, 0.3) is 0 Å². The van der Waals surface area contributed by atoms with E-state index < -0.39 is 20.0 Å². The summed E-state index contributed by atoms with van der Waals surface area (Å²) in [5.74, 6) is -0.187. The average Bonchev–Trinajstić information content (AvgIpc) is 3.43. The Morgan fingerprint density at radius 2 is 0.716 bits per heavy atom. The van der Waals surface area contributed by atoms with Crippen LogP contribution in [0, 0.1) is 0 Å². The molecule has 81 heavy (non-hydrogen) atoms. The summed E-state index contributed by atoms with van der Waals surface area (Å²) in [5, 5.41) is 14.0. The molecule has 0 bridgehead atoms. The van der Waals surface area contributed by atoms with Crippen molar-refractivity contribution in [1.82, 2.24) is 5.32 Å². The maximum Gasteiger partial charge on any atom is 0.472 e. The van der Waals surface area contributed by atoms with E-state index in [1.165, 1.54) is 270 Å². The lowest BCUT2D eigenvalue weighted by Gasteiger charge is -2.25. The topological polar surface area (TPSA) is 105 Å². The van der Waals surface area contributed by atoms with E-state index in [2.05, 4.69) is 67.8 Å². The first-order chi connectivity index (χ1) is 39.5. The van der Waals surface area contributed by atoms with E-state index in [4.69, 9.17) is 9.05 Å². The second-order valence-electron chi connectivity index (χ2n) is 25.2. The Hall–Kier alpha value is -1.80. The highest BCUT2D eigenvalue weighted by Crippen LogP contribution is 2.43. The number of aliphatic hydroxyl groups is 1.